The summed E-state index contributed by atoms with van der Waals surface area (Å²) in [4.78, 5) is 0. The summed E-state index contributed by atoms with van der Waals surface area (Å²) in [6.07, 6.45) is 7.78. The van der Waals surface area contributed by atoms with Crippen molar-refractivity contribution in [2.24, 2.45) is 11.8 Å². The molecule has 1 aliphatic carbocycles. The average molecular weight is 288 g/mol. The summed E-state index contributed by atoms with van der Waals surface area (Å²) in [5.74, 6) is 1.29. The lowest BCUT2D eigenvalue weighted by molar-refractivity contribution is 0.300. The van der Waals surface area contributed by atoms with Crippen molar-refractivity contribution in [1.82, 2.24) is 10.0 Å². The van der Waals surface area contributed by atoms with Crippen LogP contribution in [0.4, 0.5) is 0 Å². The maximum absolute atomic E-state index is 12.2. The van der Waals surface area contributed by atoms with Crippen LogP contribution in [-0.4, -0.2) is 33.3 Å². The van der Waals surface area contributed by atoms with Gasteiger partial charge in [-0.05, 0) is 50.6 Å². The van der Waals surface area contributed by atoms with Gasteiger partial charge in [-0.25, -0.2) is 13.1 Å². The molecule has 0 bridgehead atoms. The Morgan fingerprint density at radius 2 is 1.95 bits per heavy atom. The Balaban J connectivity index is 1.82. The van der Waals surface area contributed by atoms with Crippen molar-refractivity contribution in [2.45, 2.75) is 57.9 Å². The van der Waals surface area contributed by atoms with E-state index >= 15 is 0 Å². The second-order valence-corrected chi connectivity index (χ2v) is 8.05. The van der Waals surface area contributed by atoms with E-state index in [0.717, 1.165) is 45.2 Å². The van der Waals surface area contributed by atoms with Gasteiger partial charge in [0.15, 0.2) is 0 Å². The molecule has 0 aromatic heterocycles. The molecule has 1 heterocycles. The third kappa shape index (κ3) is 5.04. The zero-order valence-electron chi connectivity index (χ0n) is 12.0. The Labute approximate surface area is 117 Å². The molecular weight excluding hydrogens is 260 g/mol. The van der Waals surface area contributed by atoms with E-state index in [9.17, 15) is 8.42 Å². The van der Waals surface area contributed by atoms with Crippen molar-refractivity contribution >= 4 is 10.0 Å². The first-order valence-corrected chi connectivity index (χ1v) is 9.45. The quantitative estimate of drug-likeness (QED) is 0.812. The lowest BCUT2D eigenvalue weighted by Gasteiger charge is -2.30. The van der Waals surface area contributed by atoms with Gasteiger partial charge < -0.3 is 5.32 Å². The van der Waals surface area contributed by atoms with E-state index < -0.39 is 10.0 Å². The molecule has 2 fully saturated rings. The normalized spacial score (nSPS) is 33.2. The van der Waals surface area contributed by atoms with Crippen LogP contribution < -0.4 is 10.0 Å². The van der Waals surface area contributed by atoms with Gasteiger partial charge in [0, 0.05) is 6.04 Å². The minimum Gasteiger partial charge on any atom is -0.316 e. The van der Waals surface area contributed by atoms with Gasteiger partial charge in [-0.15, -0.1) is 0 Å². The molecule has 1 saturated carbocycles. The van der Waals surface area contributed by atoms with E-state index in [-0.39, 0.29) is 12.0 Å². The van der Waals surface area contributed by atoms with Crippen LogP contribution in [0.5, 0.6) is 0 Å². The SMILES string of the molecule is CCC1CCCC(NS(=O)(=O)CC2CCCNC2)C1. The maximum Gasteiger partial charge on any atom is 0.212 e. The molecule has 112 valence electrons. The third-order valence-electron chi connectivity index (χ3n) is 4.56. The van der Waals surface area contributed by atoms with Gasteiger partial charge in [-0.1, -0.05) is 26.2 Å². The van der Waals surface area contributed by atoms with Crippen LogP contribution in [0, 0.1) is 11.8 Å². The molecule has 0 spiro atoms. The molecule has 2 aliphatic rings. The van der Waals surface area contributed by atoms with Crippen LogP contribution in [0.25, 0.3) is 0 Å². The number of hydrogen-bond acceptors (Lipinski definition) is 3. The second-order valence-electron chi connectivity index (χ2n) is 6.25. The number of sulfonamides is 1. The van der Waals surface area contributed by atoms with Crippen molar-refractivity contribution in [3.8, 4) is 0 Å². The molecule has 0 aromatic rings. The van der Waals surface area contributed by atoms with Crippen LogP contribution in [0.1, 0.15) is 51.9 Å². The Morgan fingerprint density at radius 3 is 2.63 bits per heavy atom. The molecule has 2 N–H and O–H groups in total. The third-order valence-corrected chi connectivity index (χ3v) is 6.16. The number of hydrogen-bond donors (Lipinski definition) is 2. The first-order chi connectivity index (χ1) is 9.09. The van der Waals surface area contributed by atoms with E-state index in [2.05, 4.69) is 17.0 Å². The minimum absolute atomic E-state index is 0.181. The van der Waals surface area contributed by atoms with Crippen molar-refractivity contribution in [1.29, 1.82) is 0 Å². The molecule has 5 heteroatoms. The van der Waals surface area contributed by atoms with Gasteiger partial charge in [-0.2, -0.15) is 0 Å². The summed E-state index contributed by atoms with van der Waals surface area (Å²) in [7, 11) is -3.10. The Kier molecular flexibility index (Phi) is 5.66. The monoisotopic (exact) mass is 288 g/mol. The van der Waals surface area contributed by atoms with E-state index in [0.29, 0.717) is 11.7 Å². The van der Waals surface area contributed by atoms with Crippen LogP contribution in [0.2, 0.25) is 0 Å². The molecule has 3 atom stereocenters. The van der Waals surface area contributed by atoms with Gasteiger partial charge >= 0.3 is 0 Å². The maximum atomic E-state index is 12.2. The fourth-order valence-electron chi connectivity index (χ4n) is 3.45. The zero-order valence-corrected chi connectivity index (χ0v) is 12.8. The number of rotatable bonds is 5. The largest absolute Gasteiger partial charge is 0.316 e. The summed E-state index contributed by atoms with van der Waals surface area (Å²) >= 11 is 0. The number of nitrogens with one attached hydrogen (secondary N) is 2. The van der Waals surface area contributed by atoms with E-state index in [4.69, 9.17) is 0 Å². The van der Waals surface area contributed by atoms with Crippen molar-refractivity contribution in [3.63, 3.8) is 0 Å². The van der Waals surface area contributed by atoms with Crippen molar-refractivity contribution < 1.29 is 8.42 Å². The summed E-state index contributed by atoms with van der Waals surface area (Å²) in [5, 5.41) is 3.29. The molecule has 0 radical (unpaired) electrons. The van der Waals surface area contributed by atoms with Crippen LogP contribution in [-0.2, 0) is 10.0 Å². The van der Waals surface area contributed by atoms with Gasteiger partial charge in [0.2, 0.25) is 10.0 Å². The number of piperidine rings is 1. The highest BCUT2D eigenvalue weighted by Gasteiger charge is 2.27. The summed E-state index contributed by atoms with van der Waals surface area (Å²) in [6, 6.07) is 0.181. The van der Waals surface area contributed by atoms with Crippen LogP contribution in [0.15, 0.2) is 0 Å². The van der Waals surface area contributed by atoms with Gasteiger partial charge in [0.25, 0.3) is 0 Å². The van der Waals surface area contributed by atoms with Crippen molar-refractivity contribution in [2.75, 3.05) is 18.8 Å². The molecular formula is C14H28N2O2S. The summed E-state index contributed by atoms with van der Waals surface area (Å²) in [6.45, 7) is 4.09. The molecule has 1 aliphatic heterocycles. The summed E-state index contributed by atoms with van der Waals surface area (Å²) in [5.41, 5.74) is 0. The predicted molar refractivity (Wildman–Crippen MR) is 78.6 cm³/mol. The molecule has 19 heavy (non-hydrogen) atoms. The lowest BCUT2D eigenvalue weighted by Crippen LogP contribution is -2.43. The highest BCUT2D eigenvalue weighted by Crippen LogP contribution is 2.27. The Bertz CT molecular complexity index is 364. The fourth-order valence-corrected chi connectivity index (χ4v) is 5.17. The lowest BCUT2D eigenvalue weighted by atomic mass is 9.85. The van der Waals surface area contributed by atoms with Gasteiger partial charge in [0.05, 0.1) is 5.75 Å². The molecule has 3 unspecified atom stereocenters. The van der Waals surface area contributed by atoms with Crippen LogP contribution in [0.3, 0.4) is 0 Å². The average Bonchev–Trinajstić information content (AvgIpc) is 2.39. The molecule has 0 amide bonds. The van der Waals surface area contributed by atoms with E-state index in [1.165, 1.54) is 12.8 Å². The van der Waals surface area contributed by atoms with E-state index in [1.54, 1.807) is 0 Å². The topological polar surface area (TPSA) is 58.2 Å². The standard InChI is InChI=1S/C14H28N2O2S/c1-2-12-5-3-7-14(9-12)16-19(17,18)11-13-6-4-8-15-10-13/h12-16H,2-11H2,1H3. The highest BCUT2D eigenvalue weighted by molar-refractivity contribution is 7.89. The smallest absolute Gasteiger partial charge is 0.212 e. The Morgan fingerprint density at radius 1 is 1.16 bits per heavy atom. The fraction of sp³-hybridized carbons (Fsp3) is 1.00. The molecule has 1 saturated heterocycles. The Hall–Kier alpha value is -0.130. The molecule has 0 aromatic carbocycles. The zero-order chi connectivity index (χ0) is 13.7. The molecule has 2 rings (SSSR count). The second kappa shape index (κ2) is 7.04. The summed E-state index contributed by atoms with van der Waals surface area (Å²) < 4.78 is 27.4. The first-order valence-electron chi connectivity index (χ1n) is 7.80. The first kappa shape index (κ1) is 15.3. The van der Waals surface area contributed by atoms with Crippen molar-refractivity contribution in [3.05, 3.63) is 0 Å². The van der Waals surface area contributed by atoms with Gasteiger partial charge in [-0.3, -0.25) is 0 Å². The van der Waals surface area contributed by atoms with Gasteiger partial charge in [0.1, 0.15) is 0 Å². The minimum atomic E-state index is -3.10. The highest BCUT2D eigenvalue weighted by atomic mass is 32.2. The van der Waals surface area contributed by atoms with Crippen LogP contribution >= 0.6 is 0 Å². The molecule has 4 nitrogen and oxygen atoms in total. The van der Waals surface area contributed by atoms with E-state index in [1.807, 2.05) is 0 Å². The predicted octanol–water partition coefficient (Wildman–Crippen LogP) is 1.87.